The van der Waals surface area contributed by atoms with Crippen molar-refractivity contribution in [1.82, 2.24) is 4.57 Å². The number of nitrogens with zero attached hydrogens (tertiary/aromatic N) is 1. The second-order valence-corrected chi connectivity index (χ2v) is 6.75. The molecule has 0 saturated heterocycles. The standard InChI is InChI=1S/C24H22FNO3/c1-16-15-21(17(2)26(16)20-10-5-4-6-11-20)24(28)18(3)29-23(27)14-13-19-9-7-8-12-22(19)25/h4-15,18H,1-3H3/b14-13+/t18-/m1/s1. The summed E-state index contributed by atoms with van der Waals surface area (Å²) in [5.74, 6) is -1.42. The Morgan fingerprint density at radius 2 is 1.69 bits per heavy atom. The van der Waals surface area contributed by atoms with Crippen molar-refractivity contribution in [3.05, 3.63) is 95.1 Å². The van der Waals surface area contributed by atoms with E-state index in [4.69, 9.17) is 4.74 Å². The van der Waals surface area contributed by atoms with Crippen LogP contribution in [0.15, 0.2) is 66.7 Å². The number of ketones is 1. The van der Waals surface area contributed by atoms with Gasteiger partial charge in [0.1, 0.15) is 5.82 Å². The van der Waals surface area contributed by atoms with Crippen LogP contribution >= 0.6 is 0 Å². The number of aromatic nitrogens is 1. The molecule has 148 valence electrons. The summed E-state index contributed by atoms with van der Waals surface area (Å²) in [6, 6.07) is 17.6. The number of benzene rings is 2. The van der Waals surface area contributed by atoms with Crippen LogP contribution in [0.3, 0.4) is 0 Å². The van der Waals surface area contributed by atoms with Gasteiger partial charge in [-0.05, 0) is 51.1 Å². The molecule has 2 aromatic carbocycles. The van der Waals surface area contributed by atoms with E-state index >= 15 is 0 Å². The van der Waals surface area contributed by atoms with E-state index in [0.717, 1.165) is 23.2 Å². The summed E-state index contributed by atoms with van der Waals surface area (Å²) in [6.45, 7) is 5.32. The van der Waals surface area contributed by atoms with Gasteiger partial charge in [-0.3, -0.25) is 4.79 Å². The highest BCUT2D eigenvalue weighted by Crippen LogP contribution is 2.22. The predicted molar refractivity (Wildman–Crippen MR) is 111 cm³/mol. The number of aryl methyl sites for hydroxylation is 1. The molecule has 0 aliphatic rings. The summed E-state index contributed by atoms with van der Waals surface area (Å²) in [5, 5.41) is 0. The van der Waals surface area contributed by atoms with E-state index in [-0.39, 0.29) is 11.3 Å². The van der Waals surface area contributed by atoms with Gasteiger partial charge in [-0.2, -0.15) is 0 Å². The first kappa shape index (κ1) is 20.3. The molecule has 0 radical (unpaired) electrons. The fourth-order valence-electron chi connectivity index (χ4n) is 3.24. The maximum absolute atomic E-state index is 13.6. The summed E-state index contributed by atoms with van der Waals surface area (Å²) in [4.78, 5) is 24.9. The van der Waals surface area contributed by atoms with Crippen LogP contribution in [0.25, 0.3) is 11.8 Å². The molecular weight excluding hydrogens is 369 g/mol. The summed E-state index contributed by atoms with van der Waals surface area (Å²) < 4.78 is 20.8. The van der Waals surface area contributed by atoms with Gasteiger partial charge in [0, 0.05) is 34.3 Å². The Morgan fingerprint density at radius 1 is 1.03 bits per heavy atom. The Hall–Kier alpha value is -3.47. The summed E-state index contributed by atoms with van der Waals surface area (Å²) >= 11 is 0. The van der Waals surface area contributed by atoms with Gasteiger partial charge in [-0.1, -0.05) is 36.4 Å². The second kappa shape index (κ2) is 8.69. The molecule has 5 heteroatoms. The van der Waals surface area contributed by atoms with Crippen LogP contribution < -0.4 is 0 Å². The molecule has 29 heavy (non-hydrogen) atoms. The smallest absolute Gasteiger partial charge is 0.331 e. The van der Waals surface area contributed by atoms with Crippen LogP contribution in [0.1, 0.15) is 34.2 Å². The maximum Gasteiger partial charge on any atom is 0.331 e. The van der Waals surface area contributed by atoms with Crippen molar-refractivity contribution < 1.29 is 18.7 Å². The first-order chi connectivity index (χ1) is 13.9. The number of carbonyl (C=O) groups is 2. The third-order valence-corrected chi connectivity index (χ3v) is 4.68. The van der Waals surface area contributed by atoms with Gasteiger partial charge < -0.3 is 9.30 Å². The third-order valence-electron chi connectivity index (χ3n) is 4.68. The molecule has 0 spiro atoms. The molecule has 0 fully saturated rings. The Morgan fingerprint density at radius 3 is 2.38 bits per heavy atom. The average Bonchev–Trinajstić information content (AvgIpc) is 3.01. The molecule has 1 aromatic heterocycles. The van der Waals surface area contributed by atoms with Crippen molar-refractivity contribution in [3.8, 4) is 5.69 Å². The van der Waals surface area contributed by atoms with E-state index in [1.165, 1.54) is 19.1 Å². The van der Waals surface area contributed by atoms with Gasteiger partial charge in [0.05, 0.1) is 0 Å². The lowest BCUT2D eigenvalue weighted by molar-refractivity contribution is -0.140. The molecular formula is C24H22FNO3. The molecule has 3 aromatic rings. The van der Waals surface area contributed by atoms with Gasteiger partial charge in [-0.15, -0.1) is 0 Å². The minimum atomic E-state index is -0.961. The van der Waals surface area contributed by atoms with Gasteiger partial charge in [0.15, 0.2) is 6.10 Å². The van der Waals surface area contributed by atoms with Crippen molar-refractivity contribution in [1.29, 1.82) is 0 Å². The van der Waals surface area contributed by atoms with E-state index < -0.39 is 17.9 Å². The molecule has 0 saturated carbocycles. The zero-order chi connectivity index (χ0) is 21.0. The molecule has 0 N–H and O–H groups in total. The summed E-state index contributed by atoms with van der Waals surface area (Å²) in [5.41, 5.74) is 3.43. The number of Topliss-reactive ketones (excluding diaryl/α,β-unsaturated/α-hetero) is 1. The summed E-state index contributed by atoms with van der Waals surface area (Å²) in [7, 11) is 0. The fraction of sp³-hybridized carbons (Fsp3) is 0.167. The Balaban J connectivity index is 1.74. The van der Waals surface area contributed by atoms with Crippen molar-refractivity contribution >= 4 is 17.8 Å². The number of ether oxygens (including phenoxy) is 1. The zero-order valence-electron chi connectivity index (χ0n) is 16.6. The highest BCUT2D eigenvalue weighted by Gasteiger charge is 2.23. The number of esters is 1. The Kier molecular flexibility index (Phi) is 6.07. The van der Waals surface area contributed by atoms with Crippen LogP contribution in [-0.2, 0) is 9.53 Å². The monoisotopic (exact) mass is 391 g/mol. The van der Waals surface area contributed by atoms with E-state index in [1.807, 2.05) is 48.7 Å². The van der Waals surface area contributed by atoms with Gasteiger partial charge in [0.2, 0.25) is 5.78 Å². The van der Waals surface area contributed by atoms with Gasteiger partial charge >= 0.3 is 5.97 Å². The number of hydrogen-bond acceptors (Lipinski definition) is 3. The van der Waals surface area contributed by atoms with Crippen molar-refractivity contribution in [3.63, 3.8) is 0 Å². The number of halogens is 1. The van der Waals surface area contributed by atoms with Crippen LogP contribution in [0.2, 0.25) is 0 Å². The van der Waals surface area contributed by atoms with Crippen LogP contribution in [0.4, 0.5) is 4.39 Å². The van der Waals surface area contributed by atoms with Crippen LogP contribution in [0, 0.1) is 19.7 Å². The van der Waals surface area contributed by atoms with Crippen LogP contribution in [0.5, 0.6) is 0 Å². The molecule has 4 nitrogen and oxygen atoms in total. The highest BCUT2D eigenvalue weighted by molar-refractivity contribution is 6.02. The predicted octanol–water partition coefficient (Wildman–Crippen LogP) is 5.06. The normalized spacial score (nSPS) is 12.1. The Labute approximate surface area is 169 Å². The van der Waals surface area contributed by atoms with E-state index in [2.05, 4.69) is 0 Å². The molecule has 3 rings (SSSR count). The lowest BCUT2D eigenvalue weighted by atomic mass is 10.1. The minimum Gasteiger partial charge on any atom is -0.451 e. The number of para-hydroxylation sites is 1. The second-order valence-electron chi connectivity index (χ2n) is 6.75. The van der Waals surface area contributed by atoms with Crippen molar-refractivity contribution in [2.75, 3.05) is 0 Å². The average molecular weight is 391 g/mol. The minimum absolute atomic E-state index is 0.273. The number of hydrogen-bond donors (Lipinski definition) is 0. The lowest BCUT2D eigenvalue weighted by Gasteiger charge is -2.12. The maximum atomic E-state index is 13.6. The summed E-state index contributed by atoms with van der Waals surface area (Å²) in [6.07, 6.45) is 1.49. The number of carbonyl (C=O) groups excluding carboxylic acids is 2. The molecule has 0 bridgehead atoms. The van der Waals surface area contributed by atoms with Crippen molar-refractivity contribution in [2.45, 2.75) is 26.9 Å². The Bertz CT molecular complexity index is 1070. The number of rotatable bonds is 6. The molecule has 0 unspecified atom stereocenters. The largest absolute Gasteiger partial charge is 0.451 e. The lowest BCUT2D eigenvalue weighted by Crippen LogP contribution is -2.24. The van der Waals surface area contributed by atoms with Crippen LogP contribution in [-0.4, -0.2) is 22.4 Å². The third kappa shape index (κ3) is 4.51. The van der Waals surface area contributed by atoms with E-state index in [9.17, 15) is 14.0 Å². The van der Waals surface area contributed by atoms with Gasteiger partial charge in [0.25, 0.3) is 0 Å². The first-order valence-electron chi connectivity index (χ1n) is 9.30. The molecule has 1 atom stereocenters. The molecule has 0 amide bonds. The molecule has 1 heterocycles. The first-order valence-corrected chi connectivity index (χ1v) is 9.30. The fourth-order valence-corrected chi connectivity index (χ4v) is 3.24. The van der Waals surface area contributed by atoms with Gasteiger partial charge in [-0.25, -0.2) is 9.18 Å². The molecule has 0 aliphatic carbocycles. The van der Waals surface area contributed by atoms with E-state index in [0.29, 0.717) is 5.56 Å². The highest BCUT2D eigenvalue weighted by atomic mass is 19.1. The molecule has 0 aliphatic heterocycles. The zero-order valence-corrected chi connectivity index (χ0v) is 16.6. The van der Waals surface area contributed by atoms with Crippen molar-refractivity contribution in [2.24, 2.45) is 0 Å². The topological polar surface area (TPSA) is 48.3 Å². The van der Waals surface area contributed by atoms with E-state index in [1.54, 1.807) is 24.3 Å². The quantitative estimate of drug-likeness (QED) is 0.335. The SMILES string of the molecule is Cc1cc(C(=O)[C@@H](C)OC(=O)/C=C/c2ccccc2F)c(C)n1-c1ccccc1.